The standard InChI is InChI=1S/C17H17F2NO4S/c1-11-7-12(2)9-13(8-11)24-10-16(21)20-14-5-3-4-6-15(14)25(22,23)17(18)19/h3-9,17H,10H2,1-2H3,(H,20,21). The molecule has 2 aromatic carbocycles. The first kappa shape index (κ1) is 18.9. The molecule has 0 radical (unpaired) electrons. The molecule has 0 heterocycles. The Labute approximate surface area is 144 Å². The number of anilines is 1. The fourth-order valence-corrected chi connectivity index (χ4v) is 3.15. The molecule has 0 bridgehead atoms. The van der Waals surface area contributed by atoms with Gasteiger partial charge in [-0.2, -0.15) is 8.78 Å². The van der Waals surface area contributed by atoms with Gasteiger partial charge in [0.05, 0.1) is 10.6 Å². The van der Waals surface area contributed by atoms with Crippen LogP contribution in [0, 0.1) is 13.8 Å². The molecule has 0 unspecified atom stereocenters. The first-order valence-electron chi connectivity index (χ1n) is 7.32. The van der Waals surface area contributed by atoms with E-state index in [1.807, 2.05) is 19.9 Å². The molecular weight excluding hydrogens is 352 g/mol. The van der Waals surface area contributed by atoms with Gasteiger partial charge in [0, 0.05) is 0 Å². The molecular formula is C17H17F2NO4S. The molecule has 25 heavy (non-hydrogen) atoms. The lowest BCUT2D eigenvalue weighted by Crippen LogP contribution is -2.22. The normalized spacial score (nSPS) is 11.4. The first-order chi connectivity index (χ1) is 11.7. The van der Waals surface area contributed by atoms with Crippen LogP contribution in [0.4, 0.5) is 14.5 Å². The molecule has 0 aliphatic rings. The van der Waals surface area contributed by atoms with Gasteiger partial charge in [-0.1, -0.05) is 18.2 Å². The maximum absolute atomic E-state index is 12.7. The average molecular weight is 369 g/mol. The lowest BCUT2D eigenvalue weighted by molar-refractivity contribution is -0.118. The Morgan fingerprint density at radius 1 is 1.12 bits per heavy atom. The number of nitrogens with one attached hydrogen (secondary N) is 1. The third kappa shape index (κ3) is 4.76. The third-order valence-corrected chi connectivity index (χ3v) is 4.71. The number of hydrogen-bond donors (Lipinski definition) is 1. The van der Waals surface area contributed by atoms with Crippen molar-refractivity contribution in [2.45, 2.75) is 24.5 Å². The molecule has 0 aromatic heterocycles. The van der Waals surface area contributed by atoms with Crippen molar-refractivity contribution < 1.29 is 26.7 Å². The molecule has 0 spiro atoms. The SMILES string of the molecule is Cc1cc(C)cc(OCC(=O)Nc2ccccc2S(=O)(=O)C(F)F)c1. The summed E-state index contributed by atoms with van der Waals surface area (Å²) < 4.78 is 54.1. The highest BCUT2D eigenvalue weighted by Crippen LogP contribution is 2.26. The molecule has 0 fully saturated rings. The smallest absolute Gasteiger partial charge is 0.341 e. The topological polar surface area (TPSA) is 72.5 Å². The molecule has 2 aromatic rings. The van der Waals surface area contributed by atoms with Gasteiger partial charge in [0.1, 0.15) is 5.75 Å². The number of benzene rings is 2. The zero-order chi connectivity index (χ0) is 18.6. The molecule has 0 aliphatic heterocycles. The Morgan fingerprint density at radius 2 is 1.72 bits per heavy atom. The van der Waals surface area contributed by atoms with Gasteiger partial charge in [0.25, 0.3) is 5.91 Å². The Hall–Kier alpha value is -2.48. The predicted molar refractivity (Wildman–Crippen MR) is 89.7 cm³/mol. The number of halogens is 2. The highest BCUT2D eigenvalue weighted by atomic mass is 32.2. The van der Waals surface area contributed by atoms with E-state index in [1.165, 1.54) is 18.2 Å². The minimum atomic E-state index is -4.82. The van der Waals surface area contributed by atoms with Crippen LogP contribution in [-0.2, 0) is 14.6 Å². The Balaban J connectivity index is 2.11. The highest BCUT2D eigenvalue weighted by molar-refractivity contribution is 7.91. The van der Waals surface area contributed by atoms with E-state index < -0.39 is 26.4 Å². The van der Waals surface area contributed by atoms with Gasteiger partial charge in [-0.15, -0.1) is 0 Å². The lowest BCUT2D eigenvalue weighted by Gasteiger charge is -2.12. The van der Waals surface area contributed by atoms with E-state index >= 15 is 0 Å². The second kappa shape index (κ2) is 7.60. The largest absolute Gasteiger partial charge is 0.484 e. The van der Waals surface area contributed by atoms with Crippen LogP contribution in [0.25, 0.3) is 0 Å². The zero-order valence-corrected chi connectivity index (χ0v) is 14.4. The van der Waals surface area contributed by atoms with E-state index in [0.717, 1.165) is 17.2 Å². The van der Waals surface area contributed by atoms with Gasteiger partial charge in [-0.05, 0) is 49.2 Å². The van der Waals surface area contributed by atoms with Crippen LogP contribution >= 0.6 is 0 Å². The molecule has 0 saturated carbocycles. The number of carbonyl (C=O) groups excluding carboxylic acids is 1. The lowest BCUT2D eigenvalue weighted by atomic mass is 10.1. The number of carbonyl (C=O) groups is 1. The van der Waals surface area contributed by atoms with Crippen LogP contribution in [0.5, 0.6) is 5.75 Å². The van der Waals surface area contributed by atoms with Gasteiger partial charge >= 0.3 is 5.76 Å². The Morgan fingerprint density at radius 3 is 2.32 bits per heavy atom. The maximum atomic E-state index is 12.7. The second-order valence-corrected chi connectivity index (χ2v) is 7.35. The number of ether oxygens (including phenoxy) is 1. The van der Waals surface area contributed by atoms with E-state index in [4.69, 9.17) is 4.74 Å². The monoisotopic (exact) mass is 369 g/mol. The molecule has 5 nitrogen and oxygen atoms in total. The number of para-hydroxylation sites is 1. The number of aryl methyl sites for hydroxylation is 2. The van der Waals surface area contributed by atoms with Gasteiger partial charge in [0.15, 0.2) is 6.61 Å². The summed E-state index contributed by atoms with van der Waals surface area (Å²) in [7, 11) is -4.82. The van der Waals surface area contributed by atoms with Crippen molar-refractivity contribution in [2.75, 3.05) is 11.9 Å². The van der Waals surface area contributed by atoms with Crippen molar-refractivity contribution in [1.82, 2.24) is 0 Å². The van der Waals surface area contributed by atoms with E-state index in [0.29, 0.717) is 5.75 Å². The van der Waals surface area contributed by atoms with Crippen LogP contribution in [-0.4, -0.2) is 26.7 Å². The molecule has 2 rings (SSSR count). The number of sulfone groups is 1. The summed E-state index contributed by atoms with van der Waals surface area (Å²) in [5.74, 6) is -3.74. The molecule has 0 atom stereocenters. The minimum Gasteiger partial charge on any atom is -0.484 e. The number of alkyl halides is 2. The predicted octanol–water partition coefficient (Wildman–Crippen LogP) is 3.32. The number of amides is 1. The molecule has 8 heteroatoms. The summed E-state index contributed by atoms with van der Waals surface area (Å²) >= 11 is 0. The fourth-order valence-electron chi connectivity index (χ4n) is 2.27. The van der Waals surface area contributed by atoms with Crippen LogP contribution in [0.2, 0.25) is 0 Å². The summed E-state index contributed by atoms with van der Waals surface area (Å²) in [4.78, 5) is 11.4. The van der Waals surface area contributed by atoms with E-state index in [-0.39, 0.29) is 12.3 Å². The van der Waals surface area contributed by atoms with Crippen LogP contribution in [0.3, 0.4) is 0 Å². The molecule has 1 amide bonds. The Bertz CT molecular complexity index is 862. The van der Waals surface area contributed by atoms with Crippen molar-refractivity contribution in [3.63, 3.8) is 0 Å². The molecule has 0 saturated heterocycles. The fraction of sp³-hybridized carbons (Fsp3) is 0.235. The van der Waals surface area contributed by atoms with Crippen molar-refractivity contribution in [1.29, 1.82) is 0 Å². The van der Waals surface area contributed by atoms with Gasteiger partial charge < -0.3 is 10.1 Å². The summed E-state index contributed by atoms with van der Waals surface area (Å²) in [5.41, 5.74) is 1.71. The summed E-state index contributed by atoms with van der Waals surface area (Å²) in [6.07, 6.45) is 0. The maximum Gasteiger partial charge on any atom is 0.341 e. The van der Waals surface area contributed by atoms with Gasteiger partial charge in [-0.3, -0.25) is 4.79 Å². The van der Waals surface area contributed by atoms with Crippen molar-refractivity contribution in [2.24, 2.45) is 0 Å². The second-order valence-electron chi connectivity index (χ2n) is 5.46. The van der Waals surface area contributed by atoms with E-state index in [2.05, 4.69) is 5.32 Å². The van der Waals surface area contributed by atoms with Crippen molar-refractivity contribution >= 4 is 21.4 Å². The summed E-state index contributed by atoms with van der Waals surface area (Å²) in [6, 6.07) is 10.4. The Kier molecular flexibility index (Phi) is 5.73. The molecule has 1 N–H and O–H groups in total. The van der Waals surface area contributed by atoms with Crippen LogP contribution in [0.15, 0.2) is 47.4 Å². The van der Waals surface area contributed by atoms with Crippen molar-refractivity contribution in [3.05, 3.63) is 53.6 Å². The van der Waals surface area contributed by atoms with E-state index in [9.17, 15) is 22.0 Å². The summed E-state index contributed by atoms with van der Waals surface area (Å²) in [5, 5.41) is 2.29. The van der Waals surface area contributed by atoms with Crippen LogP contribution < -0.4 is 10.1 Å². The molecule has 134 valence electrons. The number of hydrogen-bond acceptors (Lipinski definition) is 4. The van der Waals surface area contributed by atoms with E-state index in [1.54, 1.807) is 12.1 Å². The third-order valence-electron chi connectivity index (χ3n) is 3.27. The first-order valence-corrected chi connectivity index (χ1v) is 8.87. The van der Waals surface area contributed by atoms with Gasteiger partial charge in [0.2, 0.25) is 9.84 Å². The average Bonchev–Trinajstić information content (AvgIpc) is 2.52. The van der Waals surface area contributed by atoms with Gasteiger partial charge in [-0.25, -0.2) is 8.42 Å². The quantitative estimate of drug-likeness (QED) is 0.848. The van der Waals surface area contributed by atoms with Crippen molar-refractivity contribution in [3.8, 4) is 5.75 Å². The highest BCUT2D eigenvalue weighted by Gasteiger charge is 2.29. The minimum absolute atomic E-state index is 0.211. The summed E-state index contributed by atoms with van der Waals surface area (Å²) in [6.45, 7) is 3.38. The zero-order valence-electron chi connectivity index (χ0n) is 13.6. The molecule has 0 aliphatic carbocycles. The number of rotatable bonds is 6. The van der Waals surface area contributed by atoms with Crippen LogP contribution in [0.1, 0.15) is 11.1 Å².